The summed E-state index contributed by atoms with van der Waals surface area (Å²) in [6.07, 6.45) is 0. The van der Waals surface area contributed by atoms with Crippen molar-refractivity contribution in [2.45, 2.75) is 4.90 Å². The standard InChI is InChI=1S/C15H12O3S/c1-18-19(16,17)15-8-4-7-13-9-11-5-2-3-6-12(11)10-14(13)15/h2-10H,1H3. The number of fused-ring (bicyclic) bond motifs is 2. The first-order chi connectivity index (χ1) is 9.12. The Labute approximate surface area is 111 Å². The summed E-state index contributed by atoms with van der Waals surface area (Å²) < 4.78 is 28.5. The van der Waals surface area contributed by atoms with Crippen molar-refractivity contribution in [3.05, 3.63) is 54.6 Å². The van der Waals surface area contributed by atoms with Crippen LogP contribution in [-0.4, -0.2) is 15.5 Å². The maximum Gasteiger partial charge on any atom is 0.297 e. The first kappa shape index (κ1) is 12.1. The highest BCUT2D eigenvalue weighted by atomic mass is 32.2. The maximum atomic E-state index is 11.9. The van der Waals surface area contributed by atoms with Gasteiger partial charge in [0.25, 0.3) is 10.1 Å². The molecular formula is C15H12O3S. The lowest BCUT2D eigenvalue weighted by molar-refractivity contribution is 0.398. The van der Waals surface area contributed by atoms with E-state index in [1.165, 1.54) is 7.11 Å². The highest BCUT2D eigenvalue weighted by molar-refractivity contribution is 7.87. The zero-order valence-electron chi connectivity index (χ0n) is 10.3. The lowest BCUT2D eigenvalue weighted by Crippen LogP contribution is -2.03. The van der Waals surface area contributed by atoms with Crippen molar-refractivity contribution in [3.8, 4) is 0 Å². The van der Waals surface area contributed by atoms with Gasteiger partial charge in [0, 0.05) is 5.39 Å². The molecule has 0 saturated carbocycles. The molecule has 4 heteroatoms. The van der Waals surface area contributed by atoms with Crippen LogP contribution < -0.4 is 0 Å². The van der Waals surface area contributed by atoms with E-state index in [0.717, 1.165) is 16.2 Å². The van der Waals surface area contributed by atoms with Gasteiger partial charge in [-0.15, -0.1) is 0 Å². The third-order valence-corrected chi connectivity index (χ3v) is 4.53. The summed E-state index contributed by atoms with van der Waals surface area (Å²) in [6.45, 7) is 0. The van der Waals surface area contributed by atoms with E-state index in [2.05, 4.69) is 4.18 Å². The Hall–Kier alpha value is -1.91. The van der Waals surface area contributed by atoms with Crippen LogP contribution in [0.3, 0.4) is 0 Å². The van der Waals surface area contributed by atoms with Gasteiger partial charge in [-0.2, -0.15) is 8.42 Å². The van der Waals surface area contributed by atoms with E-state index < -0.39 is 10.1 Å². The van der Waals surface area contributed by atoms with Gasteiger partial charge in [0.1, 0.15) is 4.90 Å². The quantitative estimate of drug-likeness (QED) is 0.531. The summed E-state index contributed by atoms with van der Waals surface area (Å²) in [4.78, 5) is 0.207. The number of rotatable bonds is 2. The molecule has 0 aliphatic heterocycles. The summed E-state index contributed by atoms with van der Waals surface area (Å²) in [6, 6.07) is 16.9. The van der Waals surface area contributed by atoms with Crippen molar-refractivity contribution in [2.75, 3.05) is 7.11 Å². The molecule has 96 valence electrons. The smallest absolute Gasteiger partial charge is 0.270 e. The van der Waals surface area contributed by atoms with E-state index >= 15 is 0 Å². The van der Waals surface area contributed by atoms with Gasteiger partial charge in [0.15, 0.2) is 0 Å². The molecule has 0 radical (unpaired) electrons. The van der Waals surface area contributed by atoms with Crippen LogP contribution in [0.1, 0.15) is 0 Å². The molecule has 0 aliphatic carbocycles. The second kappa shape index (κ2) is 4.33. The van der Waals surface area contributed by atoms with Crippen LogP contribution in [0.5, 0.6) is 0 Å². The Bertz CT molecular complexity index is 867. The van der Waals surface area contributed by atoms with Gasteiger partial charge in [0.2, 0.25) is 0 Å². The Morgan fingerprint density at radius 2 is 1.47 bits per heavy atom. The van der Waals surface area contributed by atoms with Gasteiger partial charge in [-0.25, -0.2) is 0 Å². The first-order valence-corrected chi connectivity index (χ1v) is 7.25. The molecule has 0 amide bonds. The summed E-state index contributed by atoms with van der Waals surface area (Å²) in [7, 11) is -2.52. The second-order valence-corrected chi connectivity index (χ2v) is 5.98. The van der Waals surface area contributed by atoms with Crippen LogP contribution >= 0.6 is 0 Å². The third-order valence-electron chi connectivity index (χ3n) is 3.20. The molecule has 0 spiro atoms. The zero-order chi connectivity index (χ0) is 13.5. The van der Waals surface area contributed by atoms with Crippen LogP contribution in [0.4, 0.5) is 0 Å². The van der Waals surface area contributed by atoms with Crippen LogP contribution in [0.2, 0.25) is 0 Å². The van der Waals surface area contributed by atoms with E-state index in [9.17, 15) is 8.42 Å². The SMILES string of the molecule is COS(=O)(=O)c1cccc2cc3ccccc3cc12. The van der Waals surface area contributed by atoms with E-state index in [1.54, 1.807) is 12.1 Å². The maximum absolute atomic E-state index is 11.9. The summed E-state index contributed by atoms with van der Waals surface area (Å²) in [5.74, 6) is 0. The van der Waals surface area contributed by atoms with Crippen LogP contribution in [0.15, 0.2) is 59.5 Å². The summed E-state index contributed by atoms with van der Waals surface area (Å²) >= 11 is 0. The average molecular weight is 272 g/mol. The molecule has 0 fully saturated rings. The van der Waals surface area contributed by atoms with Crippen molar-refractivity contribution >= 4 is 31.7 Å². The first-order valence-electron chi connectivity index (χ1n) is 5.84. The minimum atomic E-state index is -3.69. The van der Waals surface area contributed by atoms with Crippen molar-refractivity contribution in [3.63, 3.8) is 0 Å². The topological polar surface area (TPSA) is 43.4 Å². The molecule has 0 N–H and O–H groups in total. The van der Waals surface area contributed by atoms with Gasteiger partial charge in [-0.05, 0) is 34.4 Å². The Morgan fingerprint density at radius 3 is 2.16 bits per heavy atom. The Morgan fingerprint density at radius 1 is 0.842 bits per heavy atom. The molecule has 3 aromatic carbocycles. The predicted octanol–water partition coefficient (Wildman–Crippen LogP) is 3.33. The van der Waals surface area contributed by atoms with Gasteiger partial charge >= 0.3 is 0 Å². The van der Waals surface area contributed by atoms with Crippen LogP contribution in [0.25, 0.3) is 21.5 Å². The minimum Gasteiger partial charge on any atom is -0.270 e. The monoisotopic (exact) mass is 272 g/mol. The highest BCUT2D eigenvalue weighted by Crippen LogP contribution is 2.28. The van der Waals surface area contributed by atoms with E-state index in [0.29, 0.717) is 5.39 Å². The molecule has 3 aromatic rings. The third kappa shape index (κ3) is 1.99. The average Bonchev–Trinajstić information content (AvgIpc) is 2.44. The van der Waals surface area contributed by atoms with Crippen LogP contribution in [0, 0.1) is 0 Å². The van der Waals surface area contributed by atoms with E-state index in [1.807, 2.05) is 42.5 Å². The minimum absolute atomic E-state index is 0.207. The second-order valence-electron chi connectivity index (χ2n) is 4.30. The molecule has 0 atom stereocenters. The highest BCUT2D eigenvalue weighted by Gasteiger charge is 2.16. The van der Waals surface area contributed by atoms with E-state index in [4.69, 9.17) is 0 Å². The van der Waals surface area contributed by atoms with Crippen molar-refractivity contribution in [2.24, 2.45) is 0 Å². The fourth-order valence-electron chi connectivity index (χ4n) is 2.25. The molecule has 0 aromatic heterocycles. The molecule has 0 unspecified atom stereocenters. The summed E-state index contributed by atoms with van der Waals surface area (Å²) in [5.41, 5.74) is 0. The molecule has 19 heavy (non-hydrogen) atoms. The van der Waals surface area contributed by atoms with Gasteiger partial charge in [-0.3, -0.25) is 4.18 Å². The molecule has 0 aliphatic rings. The van der Waals surface area contributed by atoms with Crippen LogP contribution in [-0.2, 0) is 14.3 Å². The lowest BCUT2D eigenvalue weighted by Gasteiger charge is -2.07. The zero-order valence-corrected chi connectivity index (χ0v) is 11.1. The normalized spacial score (nSPS) is 12.1. The summed E-state index contributed by atoms with van der Waals surface area (Å²) in [5, 5.41) is 3.66. The molecule has 3 nitrogen and oxygen atoms in total. The fraction of sp³-hybridized carbons (Fsp3) is 0.0667. The lowest BCUT2D eigenvalue weighted by atomic mass is 10.0. The molecule has 0 heterocycles. The molecule has 0 bridgehead atoms. The van der Waals surface area contributed by atoms with Gasteiger partial charge in [0.05, 0.1) is 7.11 Å². The predicted molar refractivity (Wildman–Crippen MR) is 75.6 cm³/mol. The number of hydrogen-bond donors (Lipinski definition) is 0. The van der Waals surface area contributed by atoms with E-state index in [-0.39, 0.29) is 4.90 Å². The molecule has 3 rings (SSSR count). The fourth-order valence-corrected chi connectivity index (χ4v) is 3.12. The Kier molecular flexibility index (Phi) is 2.77. The Balaban J connectivity index is 2.45. The van der Waals surface area contributed by atoms with Gasteiger partial charge in [-0.1, -0.05) is 36.4 Å². The number of hydrogen-bond acceptors (Lipinski definition) is 3. The molecular weight excluding hydrogens is 260 g/mol. The van der Waals surface area contributed by atoms with Crippen molar-refractivity contribution in [1.82, 2.24) is 0 Å². The van der Waals surface area contributed by atoms with Gasteiger partial charge < -0.3 is 0 Å². The van der Waals surface area contributed by atoms with Crippen molar-refractivity contribution in [1.29, 1.82) is 0 Å². The number of benzene rings is 3. The largest absolute Gasteiger partial charge is 0.297 e. The van der Waals surface area contributed by atoms with Crippen molar-refractivity contribution < 1.29 is 12.6 Å². The molecule has 0 saturated heterocycles.